The lowest BCUT2D eigenvalue weighted by Crippen LogP contribution is -2.18. The average molecular weight is 303 g/mol. The Morgan fingerprint density at radius 2 is 1.86 bits per heavy atom. The first-order valence-corrected chi connectivity index (χ1v) is 6.45. The zero-order valence-corrected chi connectivity index (χ0v) is 12.1. The number of methoxy groups -OCH3 is 2. The summed E-state index contributed by atoms with van der Waals surface area (Å²) in [4.78, 5) is 10.9. The molecule has 1 aromatic rings. The maximum atomic E-state index is 13.8. The largest absolute Gasteiger partial charge is 0.487 e. The summed E-state index contributed by atoms with van der Waals surface area (Å²) >= 11 is 0. The second kappa shape index (κ2) is 9.25. The fourth-order valence-corrected chi connectivity index (χ4v) is 1.60. The van der Waals surface area contributed by atoms with E-state index in [2.05, 4.69) is 10.1 Å². The smallest absolute Gasteiger partial charge is 0.308 e. The second-order valence-corrected chi connectivity index (χ2v) is 4.23. The second-order valence-electron chi connectivity index (χ2n) is 4.23. The van der Waals surface area contributed by atoms with Gasteiger partial charge in [0.05, 0.1) is 26.7 Å². The molecule has 21 heavy (non-hydrogen) atoms. The van der Waals surface area contributed by atoms with Crippen molar-refractivity contribution in [3.63, 3.8) is 0 Å². The summed E-state index contributed by atoms with van der Waals surface area (Å²) in [5.74, 6) is -2.60. The standard InChI is InChI=1S/C14H19F2NO4/c1-19-6-4-17-9-10-7-11(15)14(12(16)8-10)21-5-3-13(18)20-2/h7-8,17H,3-6,9H2,1-2H3. The molecule has 5 nitrogen and oxygen atoms in total. The zero-order chi connectivity index (χ0) is 15.7. The highest BCUT2D eigenvalue weighted by molar-refractivity contribution is 5.69. The van der Waals surface area contributed by atoms with E-state index in [0.717, 1.165) is 0 Å². The number of halogens is 2. The summed E-state index contributed by atoms with van der Waals surface area (Å²) in [5.41, 5.74) is 0.460. The minimum absolute atomic E-state index is 0.0737. The lowest BCUT2D eigenvalue weighted by Gasteiger charge is -2.10. The predicted octanol–water partition coefficient (Wildman–Crippen LogP) is 1.64. The highest BCUT2D eigenvalue weighted by Crippen LogP contribution is 2.23. The van der Waals surface area contributed by atoms with E-state index in [-0.39, 0.29) is 13.0 Å². The number of carbonyl (C=O) groups is 1. The van der Waals surface area contributed by atoms with E-state index < -0.39 is 23.4 Å². The molecule has 1 aromatic carbocycles. The summed E-state index contributed by atoms with van der Waals surface area (Å²) in [5, 5.41) is 2.98. The molecule has 0 aliphatic carbocycles. The van der Waals surface area contributed by atoms with Gasteiger partial charge in [0.25, 0.3) is 0 Å². The number of ether oxygens (including phenoxy) is 3. The van der Waals surface area contributed by atoms with Crippen molar-refractivity contribution >= 4 is 5.97 Å². The van der Waals surface area contributed by atoms with Gasteiger partial charge in [-0.05, 0) is 17.7 Å². The molecule has 0 aromatic heterocycles. The van der Waals surface area contributed by atoms with Crippen molar-refractivity contribution in [2.24, 2.45) is 0 Å². The average Bonchev–Trinajstić information content (AvgIpc) is 2.46. The van der Waals surface area contributed by atoms with Crippen molar-refractivity contribution in [2.75, 3.05) is 34.0 Å². The van der Waals surface area contributed by atoms with Crippen molar-refractivity contribution in [1.29, 1.82) is 0 Å². The zero-order valence-electron chi connectivity index (χ0n) is 12.1. The Balaban J connectivity index is 2.56. The van der Waals surface area contributed by atoms with Gasteiger partial charge in [0.15, 0.2) is 17.4 Å². The minimum Gasteiger partial charge on any atom is -0.487 e. The molecule has 0 spiro atoms. The predicted molar refractivity (Wildman–Crippen MR) is 72.1 cm³/mol. The van der Waals surface area contributed by atoms with Crippen LogP contribution in [0.15, 0.2) is 12.1 Å². The normalized spacial score (nSPS) is 10.5. The summed E-state index contributed by atoms with van der Waals surface area (Å²) in [6.45, 7) is 1.27. The van der Waals surface area contributed by atoms with Crippen LogP contribution in [0.3, 0.4) is 0 Å². The molecule has 0 saturated heterocycles. The lowest BCUT2D eigenvalue weighted by molar-refractivity contribution is -0.141. The molecule has 0 aliphatic heterocycles. The third-order valence-corrected chi connectivity index (χ3v) is 2.65. The number of esters is 1. The number of hydrogen-bond acceptors (Lipinski definition) is 5. The molecule has 0 fully saturated rings. The molecule has 0 atom stereocenters. The Labute approximate surface area is 122 Å². The Morgan fingerprint density at radius 3 is 2.43 bits per heavy atom. The molecule has 1 rings (SSSR count). The van der Waals surface area contributed by atoms with Gasteiger partial charge in [0.1, 0.15) is 0 Å². The van der Waals surface area contributed by atoms with Gasteiger partial charge in [-0.2, -0.15) is 0 Å². The van der Waals surface area contributed by atoms with Crippen molar-refractivity contribution in [3.05, 3.63) is 29.3 Å². The van der Waals surface area contributed by atoms with E-state index >= 15 is 0 Å². The van der Waals surface area contributed by atoms with Crippen LogP contribution in [0.25, 0.3) is 0 Å². The van der Waals surface area contributed by atoms with Crippen LogP contribution in [0.5, 0.6) is 5.75 Å². The molecule has 118 valence electrons. The Hall–Kier alpha value is -1.73. The van der Waals surface area contributed by atoms with Crippen molar-refractivity contribution in [3.8, 4) is 5.75 Å². The molecule has 0 amide bonds. The third kappa shape index (κ3) is 6.05. The molecule has 0 radical (unpaired) electrons. The van der Waals surface area contributed by atoms with Crippen LogP contribution in [-0.4, -0.2) is 39.9 Å². The first-order valence-electron chi connectivity index (χ1n) is 6.45. The van der Waals surface area contributed by atoms with Crippen LogP contribution in [0, 0.1) is 11.6 Å². The monoisotopic (exact) mass is 303 g/mol. The third-order valence-electron chi connectivity index (χ3n) is 2.65. The lowest BCUT2D eigenvalue weighted by atomic mass is 10.2. The quantitative estimate of drug-likeness (QED) is 0.555. The number of hydrogen-bond donors (Lipinski definition) is 1. The Bertz CT molecular complexity index is 445. The van der Waals surface area contributed by atoms with Crippen molar-refractivity contribution in [1.82, 2.24) is 5.32 Å². The van der Waals surface area contributed by atoms with Gasteiger partial charge in [-0.15, -0.1) is 0 Å². The topological polar surface area (TPSA) is 56.8 Å². The Morgan fingerprint density at radius 1 is 1.19 bits per heavy atom. The van der Waals surface area contributed by atoms with Crippen LogP contribution >= 0.6 is 0 Å². The van der Waals surface area contributed by atoms with Gasteiger partial charge in [-0.1, -0.05) is 0 Å². The summed E-state index contributed by atoms with van der Waals surface area (Å²) in [7, 11) is 2.80. The number of nitrogens with one attached hydrogen (secondary N) is 1. The number of carbonyl (C=O) groups excluding carboxylic acids is 1. The van der Waals surface area contributed by atoms with Crippen molar-refractivity contribution in [2.45, 2.75) is 13.0 Å². The van der Waals surface area contributed by atoms with E-state index in [0.29, 0.717) is 25.3 Å². The molecule has 0 heterocycles. The van der Waals surface area contributed by atoms with Gasteiger partial charge >= 0.3 is 5.97 Å². The van der Waals surface area contributed by atoms with Crippen molar-refractivity contribution < 1.29 is 27.8 Å². The maximum absolute atomic E-state index is 13.8. The van der Waals surface area contributed by atoms with Gasteiger partial charge in [0, 0.05) is 20.2 Å². The van der Waals surface area contributed by atoms with Crippen LogP contribution in [0.4, 0.5) is 8.78 Å². The highest BCUT2D eigenvalue weighted by Gasteiger charge is 2.13. The van der Waals surface area contributed by atoms with Gasteiger partial charge in [-0.25, -0.2) is 8.78 Å². The highest BCUT2D eigenvalue weighted by atomic mass is 19.1. The number of benzene rings is 1. The van der Waals surface area contributed by atoms with E-state index in [4.69, 9.17) is 9.47 Å². The van der Waals surface area contributed by atoms with Gasteiger partial charge in [-0.3, -0.25) is 4.79 Å². The van der Waals surface area contributed by atoms with Crippen LogP contribution < -0.4 is 10.1 Å². The molecule has 0 unspecified atom stereocenters. The fraction of sp³-hybridized carbons (Fsp3) is 0.500. The molecular weight excluding hydrogens is 284 g/mol. The fourth-order valence-electron chi connectivity index (χ4n) is 1.60. The van der Waals surface area contributed by atoms with Crippen LogP contribution in [0.2, 0.25) is 0 Å². The summed E-state index contributed by atoms with van der Waals surface area (Å²) in [6.07, 6.45) is -0.0737. The van der Waals surface area contributed by atoms with Gasteiger partial charge in [0.2, 0.25) is 0 Å². The summed E-state index contributed by atoms with van der Waals surface area (Å²) in [6, 6.07) is 2.38. The van der Waals surface area contributed by atoms with E-state index in [9.17, 15) is 13.6 Å². The Kier molecular flexibility index (Phi) is 7.63. The molecule has 7 heteroatoms. The van der Waals surface area contributed by atoms with E-state index in [1.165, 1.54) is 19.2 Å². The molecule has 0 saturated carbocycles. The first-order chi connectivity index (χ1) is 10.1. The van der Waals surface area contributed by atoms with Crippen LogP contribution in [-0.2, 0) is 20.8 Å². The summed E-state index contributed by atoms with van der Waals surface area (Å²) < 4.78 is 41.7. The first kappa shape index (κ1) is 17.3. The van der Waals surface area contributed by atoms with E-state index in [1.807, 2.05) is 0 Å². The van der Waals surface area contributed by atoms with Gasteiger partial charge < -0.3 is 19.5 Å². The molecular formula is C14H19F2NO4. The van der Waals surface area contributed by atoms with Crippen LogP contribution in [0.1, 0.15) is 12.0 Å². The SMILES string of the molecule is COCCNCc1cc(F)c(OCCC(=O)OC)c(F)c1. The number of rotatable bonds is 9. The molecule has 0 bridgehead atoms. The molecule has 0 aliphatic rings. The molecule has 1 N–H and O–H groups in total. The minimum atomic E-state index is -0.802. The maximum Gasteiger partial charge on any atom is 0.308 e. The van der Waals surface area contributed by atoms with E-state index in [1.54, 1.807) is 7.11 Å².